The van der Waals surface area contributed by atoms with Crippen LogP contribution in [0.2, 0.25) is 0 Å². The molecule has 0 aromatic heterocycles. The summed E-state index contributed by atoms with van der Waals surface area (Å²) in [5, 5.41) is 5.97. The molecule has 21 heavy (non-hydrogen) atoms. The Morgan fingerprint density at radius 1 is 1.33 bits per heavy atom. The predicted molar refractivity (Wildman–Crippen MR) is 97.6 cm³/mol. The van der Waals surface area contributed by atoms with Crippen LogP contribution in [0.25, 0.3) is 0 Å². The molecule has 0 unspecified atom stereocenters. The van der Waals surface area contributed by atoms with Gasteiger partial charge in [0.2, 0.25) is 5.91 Å². The molecule has 1 aromatic carbocycles. The van der Waals surface area contributed by atoms with E-state index in [1.54, 1.807) is 7.05 Å². The predicted octanol–water partition coefficient (Wildman–Crippen LogP) is 1.77. The van der Waals surface area contributed by atoms with Gasteiger partial charge in [-0.3, -0.25) is 9.79 Å². The van der Waals surface area contributed by atoms with Crippen LogP contribution < -0.4 is 15.5 Å². The highest BCUT2D eigenvalue weighted by Gasteiger charge is 2.22. The van der Waals surface area contributed by atoms with E-state index in [0.29, 0.717) is 6.54 Å². The van der Waals surface area contributed by atoms with Gasteiger partial charge in [-0.15, -0.1) is 24.0 Å². The lowest BCUT2D eigenvalue weighted by atomic mass is 10.2. The minimum absolute atomic E-state index is 0. The van der Waals surface area contributed by atoms with E-state index in [-0.39, 0.29) is 36.4 Å². The Morgan fingerprint density at radius 3 is 2.81 bits per heavy atom. The van der Waals surface area contributed by atoms with Gasteiger partial charge in [0.15, 0.2) is 5.96 Å². The second-order valence-corrected chi connectivity index (χ2v) is 4.78. The fourth-order valence-corrected chi connectivity index (χ4v) is 2.34. The van der Waals surface area contributed by atoms with E-state index in [4.69, 9.17) is 0 Å². The number of anilines is 1. The summed E-state index contributed by atoms with van der Waals surface area (Å²) in [4.78, 5) is 18.0. The van der Waals surface area contributed by atoms with Crippen molar-refractivity contribution in [2.75, 3.05) is 31.6 Å². The number of hydrogen-bond donors (Lipinski definition) is 2. The van der Waals surface area contributed by atoms with E-state index in [2.05, 4.69) is 38.7 Å². The Bertz CT molecular complexity index is 504. The monoisotopic (exact) mass is 402 g/mol. The molecule has 6 heteroatoms. The number of fused-ring (bicyclic) bond motifs is 1. The van der Waals surface area contributed by atoms with Crippen molar-refractivity contribution < 1.29 is 4.79 Å². The molecular formula is C15H23IN4O. The summed E-state index contributed by atoms with van der Waals surface area (Å²) in [5.74, 6) is 0.752. The molecule has 0 bridgehead atoms. The summed E-state index contributed by atoms with van der Waals surface area (Å²) < 4.78 is 0. The van der Waals surface area contributed by atoms with Crippen LogP contribution in [0.3, 0.4) is 0 Å². The zero-order valence-electron chi connectivity index (χ0n) is 12.6. The van der Waals surface area contributed by atoms with Gasteiger partial charge in [-0.2, -0.15) is 0 Å². The number of hydrogen-bond acceptors (Lipinski definition) is 2. The highest BCUT2D eigenvalue weighted by molar-refractivity contribution is 14.0. The SMILES string of the molecule is CCCNC(=O)CNC(=NC)N1CCc2ccccc21.I. The standard InChI is InChI=1S/C15H22N4O.HI/c1-3-9-17-14(20)11-18-15(16-2)19-10-8-12-6-4-5-7-13(12)19;/h4-7H,3,8-11H2,1-2H3,(H,16,18)(H,17,20);1H. The van der Waals surface area contributed by atoms with E-state index in [1.807, 2.05) is 13.0 Å². The van der Waals surface area contributed by atoms with Crippen molar-refractivity contribution in [1.82, 2.24) is 10.6 Å². The second-order valence-electron chi connectivity index (χ2n) is 4.78. The van der Waals surface area contributed by atoms with Crippen molar-refractivity contribution in [3.63, 3.8) is 0 Å². The topological polar surface area (TPSA) is 56.7 Å². The average molecular weight is 402 g/mol. The molecule has 0 radical (unpaired) electrons. The van der Waals surface area contributed by atoms with Crippen LogP contribution in [-0.4, -0.2) is 38.5 Å². The fourth-order valence-electron chi connectivity index (χ4n) is 2.34. The van der Waals surface area contributed by atoms with E-state index in [1.165, 1.54) is 11.3 Å². The van der Waals surface area contributed by atoms with E-state index in [0.717, 1.165) is 25.3 Å². The van der Waals surface area contributed by atoms with Gasteiger partial charge in [-0.05, 0) is 24.5 Å². The van der Waals surface area contributed by atoms with Gasteiger partial charge in [-0.25, -0.2) is 0 Å². The molecule has 2 N–H and O–H groups in total. The summed E-state index contributed by atoms with van der Waals surface area (Å²) in [7, 11) is 1.74. The first kappa shape index (κ1) is 17.7. The minimum atomic E-state index is 0. The lowest BCUT2D eigenvalue weighted by molar-refractivity contribution is -0.119. The summed E-state index contributed by atoms with van der Waals surface area (Å²) in [6, 6.07) is 8.30. The van der Waals surface area contributed by atoms with Crippen LogP contribution in [0.4, 0.5) is 5.69 Å². The molecular weight excluding hydrogens is 379 g/mol. The van der Waals surface area contributed by atoms with Crippen LogP contribution in [-0.2, 0) is 11.2 Å². The van der Waals surface area contributed by atoms with Gasteiger partial charge in [0.1, 0.15) is 0 Å². The van der Waals surface area contributed by atoms with Crippen LogP contribution >= 0.6 is 24.0 Å². The summed E-state index contributed by atoms with van der Waals surface area (Å²) in [6.07, 6.45) is 1.96. The van der Waals surface area contributed by atoms with Crippen LogP contribution in [0.5, 0.6) is 0 Å². The van der Waals surface area contributed by atoms with Crippen molar-refractivity contribution in [3.05, 3.63) is 29.8 Å². The number of halogens is 1. The highest BCUT2D eigenvalue weighted by Crippen LogP contribution is 2.27. The lowest BCUT2D eigenvalue weighted by Gasteiger charge is -2.22. The fraction of sp³-hybridized carbons (Fsp3) is 0.467. The maximum Gasteiger partial charge on any atom is 0.239 e. The number of carbonyl (C=O) groups excluding carboxylic acids is 1. The summed E-state index contributed by atoms with van der Waals surface area (Å²) >= 11 is 0. The molecule has 2 rings (SSSR count). The third-order valence-electron chi connectivity index (χ3n) is 3.33. The van der Waals surface area contributed by atoms with Crippen LogP contribution in [0.1, 0.15) is 18.9 Å². The number of amides is 1. The molecule has 0 atom stereocenters. The van der Waals surface area contributed by atoms with Gasteiger partial charge in [-0.1, -0.05) is 25.1 Å². The minimum Gasteiger partial charge on any atom is -0.355 e. The summed E-state index contributed by atoms with van der Waals surface area (Å²) in [6.45, 7) is 3.90. The molecule has 1 aliphatic rings. The second kappa shape index (κ2) is 8.86. The normalized spacial score (nSPS) is 13.4. The third-order valence-corrected chi connectivity index (χ3v) is 3.33. The molecule has 116 valence electrons. The van der Waals surface area contributed by atoms with E-state index < -0.39 is 0 Å². The van der Waals surface area contributed by atoms with Crippen molar-refractivity contribution in [3.8, 4) is 0 Å². The third kappa shape index (κ3) is 4.59. The summed E-state index contributed by atoms with van der Waals surface area (Å²) in [5.41, 5.74) is 2.50. The van der Waals surface area contributed by atoms with E-state index >= 15 is 0 Å². The first-order valence-corrected chi connectivity index (χ1v) is 7.09. The smallest absolute Gasteiger partial charge is 0.239 e. The Balaban J connectivity index is 0.00000220. The molecule has 1 heterocycles. The first-order chi connectivity index (χ1) is 9.76. The van der Waals surface area contributed by atoms with Gasteiger partial charge in [0.25, 0.3) is 0 Å². The molecule has 0 spiro atoms. The number of nitrogens with one attached hydrogen (secondary N) is 2. The van der Waals surface area contributed by atoms with Gasteiger partial charge in [0, 0.05) is 25.8 Å². The van der Waals surface area contributed by atoms with Crippen LogP contribution in [0.15, 0.2) is 29.3 Å². The molecule has 0 fully saturated rings. The largest absolute Gasteiger partial charge is 0.355 e. The maximum absolute atomic E-state index is 11.6. The Hall–Kier alpha value is -1.31. The average Bonchev–Trinajstić information content (AvgIpc) is 2.90. The molecule has 1 aliphatic heterocycles. The zero-order valence-corrected chi connectivity index (χ0v) is 14.9. The molecule has 0 saturated heterocycles. The number of para-hydroxylation sites is 1. The first-order valence-electron chi connectivity index (χ1n) is 7.09. The lowest BCUT2D eigenvalue weighted by Crippen LogP contribution is -2.45. The van der Waals surface area contributed by atoms with Crippen molar-refractivity contribution in [1.29, 1.82) is 0 Å². The molecule has 0 saturated carbocycles. The quantitative estimate of drug-likeness (QED) is 0.459. The number of nitrogens with zero attached hydrogens (tertiary/aromatic N) is 2. The van der Waals surface area contributed by atoms with Gasteiger partial charge < -0.3 is 15.5 Å². The van der Waals surface area contributed by atoms with Gasteiger partial charge in [0.05, 0.1) is 6.54 Å². The number of guanidine groups is 1. The number of carbonyl (C=O) groups is 1. The van der Waals surface area contributed by atoms with Crippen molar-refractivity contribution in [2.45, 2.75) is 19.8 Å². The van der Waals surface area contributed by atoms with Crippen molar-refractivity contribution >= 4 is 41.5 Å². The Kier molecular flexibility index (Phi) is 7.49. The van der Waals surface area contributed by atoms with Crippen LogP contribution in [0, 0.1) is 0 Å². The Morgan fingerprint density at radius 2 is 2.10 bits per heavy atom. The molecule has 5 nitrogen and oxygen atoms in total. The molecule has 1 aromatic rings. The highest BCUT2D eigenvalue weighted by atomic mass is 127. The number of aliphatic imine (C=N–C) groups is 1. The molecule has 0 aliphatic carbocycles. The van der Waals surface area contributed by atoms with Gasteiger partial charge >= 0.3 is 0 Å². The molecule has 1 amide bonds. The number of rotatable bonds is 4. The number of benzene rings is 1. The van der Waals surface area contributed by atoms with Crippen molar-refractivity contribution in [2.24, 2.45) is 4.99 Å². The zero-order chi connectivity index (χ0) is 14.4. The Labute approximate surface area is 143 Å². The maximum atomic E-state index is 11.6. The van der Waals surface area contributed by atoms with E-state index in [9.17, 15) is 4.79 Å².